The number of hydrogen-bond acceptors (Lipinski definition) is 7. The van der Waals surface area contributed by atoms with Crippen molar-refractivity contribution in [3.05, 3.63) is 62.8 Å². The molecule has 10 heteroatoms. The number of primary amides is 1. The van der Waals surface area contributed by atoms with Crippen LogP contribution in [0.5, 0.6) is 0 Å². The summed E-state index contributed by atoms with van der Waals surface area (Å²) in [6.45, 7) is 1.88. The second kappa shape index (κ2) is 10.4. The van der Waals surface area contributed by atoms with Crippen LogP contribution in [0.4, 0.5) is 11.4 Å². The molecule has 0 saturated heterocycles. The Bertz CT molecular complexity index is 1190. The van der Waals surface area contributed by atoms with Gasteiger partial charge in [0.1, 0.15) is 4.88 Å². The lowest BCUT2D eigenvalue weighted by molar-refractivity contribution is -0.123. The number of rotatable bonds is 7. The lowest BCUT2D eigenvalue weighted by atomic mass is 9.95. The first-order valence-electron chi connectivity index (χ1n) is 11.2. The van der Waals surface area contributed by atoms with E-state index in [-0.39, 0.29) is 28.2 Å². The summed E-state index contributed by atoms with van der Waals surface area (Å²) in [6.07, 6.45) is 5.15. The number of carbonyl (C=O) groups is 3. The molecule has 1 aromatic carbocycles. The van der Waals surface area contributed by atoms with Crippen LogP contribution in [-0.2, 0) is 4.79 Å². The van der Waals surface area contributed by atoms with Crippen molar-refractivity contribution in [2.24, 2.45) is 5.73 Å². The zero-order valence-electron chi connectivity index (χ0n) is 18.8. The van der Waals surface area contributed by atoms with Gasteiger partial charge in [-0.15, -0.1) is 11.3 Å². The van der Waals surface area contributed by atoms with Gasteiger partial charge in [-0.3, -0.25) is 19.3 Å². The van der Waals surface area contributed by atoms with Crippen LogP contribution in [0.1, 0.15) is 68.7 Å². The van der Waals surface area contributed by atoms with Crippen LogP contribution >= 0.6 is 22.9 Å². The zero-order chi connectivity index (χ0) is 24.2. The van der Waals surface area contributed by atoms with Gasteiger partial charge < -0.3 is 16.8 Å². The number of nitrogens with two attached hydrogens (primary N) is 2. The first-order chi connectivity index (χ1) is 16.4. The monoisotopic (exact) mass is 497 g/mol. The van der Waals surface area contributed by atoms with Gasteiger partial charge in [0.05, 0.1) is 5.69 Å². The van der Waals surface area contributed by atoms with Gasteiger partial charge in [0.25, 0.3) is 11.8 Å². The van der Waals surface area contributed by atoms with Crippen molar-refractivity contribution in [3.8, 4) is 0 Å². The molecule has 4 rings (SSSR count). The highest BCUT2D eigenvalue weighted by molar-refractivity contribution is 7.10. The fraction of sp³-hybridized carbons (Fsp3) is 0.333. The van der Waals surface area contributed by atoms with Gasteiger partial charge in [0, 0.05) is 16.6 Å². The van der Waals surface area contributed by atoms with Crippen molar-refractivity contribution >= 4 is 52.0 Å². The standard InChI is InChI=1S/C24H27N5O3S2/c1-14-8-5-6-11-16(14)29(24(32)21-18(25)19(22(26)30)28-34-21)20(17-12-7-13-33-17)23(31)27-15-9-3-2-4-10-15/h5-8,11-13,15,20H,2-4,9-10,25H2,1H3,(H2,26,30)(H,27,31). The molecule has 8 nitrogen and oxygen atoms in total. The topological polar surface area (TPSA) is 131 Å². The summed E-state index contributed by atoms with van der Waals surface area (Å²) in [6, 6.07) is 10.2. The molecule has 0 aliphatic heterocycles. The van der Waals surface area contributed by atoms with Gasteiger partial charge in [-0.05, 0) is 54.4 Å². The largest absolute Gasteiger partial charge is 0.395 e. The Hall–Kier alpha value is -3.24. The minimum atomic E-state index is -0.908. The summed E-state index contributed by atoms with van der Waals surface area (Å²) < 4.78 is 3.99. The summed E-state index contributed by atoms with van der Waals surface area (Å²) in [5.41, 5.74) is 12.7. The van der Waals surface area contributed by atoms with E-state index in [4.69, 9.17) is 11.5 Å². The Labute approximate surface area is 206 Å². The number of aryl methyl sites for hydroxylation is 1. The Kier molecular flexibility index (Phi) is 7.28. The number of thiophene rings is 1. The lowest BCUT2D eigenvalue weighted by Gasteiger charge is -2.33. The van der Waals surface area contributed by atoms with Crippen molar-refractivity contribution in [2.45, 2.75) is 51.1 Å². The molecule has 1 aliphatic carbocycles. The molecule has 0 spiro atoms. The molecule has 1 atom stereocenters. The van der Waals surface area contributed by atoms with E-state index in [2.05, 4.69) is 9.69 Å². The number of para-hydroxylation sites is 1. The number of benzene rings is 1. The maximum Gasteiger partial charge on any atom is 0.273 e. The second-order valence-electron chi connectivity index (χ2n) is 8.36. The number of nitrogens with one attached hydrogen (secondary N) is 1. The predicted octanol–water partition coefficient (Wildman–Crippen LogP) is 4.03. The van der Waals surface area contributed by atoms with Crippen molar-refractivity contribution in [1.29, 1.82) is 0 Å². The van der Waals surface area contributed by atoms with Gasteiger partial charge in [0.15, 0.2) is 11.7 Å². The van der Waals surface area contributed by atoms with Gasteiger partial charge in [0.2, 0.25) is 5.91 Å². The van der Waals surface area contributed by atoms with Crippen molar-refractivity contribution in [3.63, 3.8) is 0 Å². The Morgan fingerprint density at radius 3 is 2.47 bits per heavy atom. The molecular weight excluding hydrogens is 470 g/mol. The van der Waals surface area contributed by atoms with Crippen molar-refractivity contribution in [1.82, 2.24) is 9.69 Å². The van der Waals surface area contributed by atoms with Gasteiger partial charge in [-0.1, -0.05) is 43.5 Å². The maximum atomic E-state index is 14.0. The first-order valence-corrected chi connectivity index (χ1v) is 12.8. The minimum absolute atomic E-state index is 0.0706. The highest BCUT2D eigenvalue weighted by Crippen LogP contribution is 2.36. The zero-order valence-corrected chi connectivity index (χ0v) is 20.5. The van der Waals surface area contributed by atoms with Crippen LogP contribution < -0.4 is 21.7 Å². The molecule has 178 valence electrons. The van der Waals surface area contributed by atoms with E-state index in [9.17, 15) is 14.4 Å². The van der Waals surface area contributed by atoms with Crippen LogP contribution in [0.25, 0.3) is 0 Å². The second-order valence-corrected chi connectivity index (χ2v) is 10.1. The van der Waals surface area contributed by atoms with Crippen LogP contribution in [-0.4, -0.2) is 28.1 Å². The van der Waals surface area contributed by atoms with E-state index in [0.29, 0.717) is 5.69 Å². The Morgan fingerprint density at radius 2 is 1.85 bits per heavy atom. The number of amides is 3. The number of aromatic nitrogens is 1. The smallest absolute Gasteiger partial charge is 0.273 e. The fourth-order valence-electron chi connectivity index (χ4n) is 4.29. The first kappa shape index (κ1) is 23.9. The number of nitrogens with zero attached hydrogens (tertiary/aromatic N) is 2. The molecule has 34 heavy (non-hydrogen) atoms. The number of hydrogen-bond donors (Lipinski definition) is 3. The Balaban J connectivity index is 1.81. The third-order valence-electron chi connectivity index (χ3n) is 6.02. The third kappa shape index (κ3) is 4.83. The number of anilines is 2. The fourth-order valence-corrected chi connectivity index (χ4v) is 5.84. The molecule has 2 aromatic heterocycles. The molecule has 1 fully saturated rings. The summed E-state index contributed by atoms with van der Waals surface area (Å²) in [5.74, 6) is -1.56. The summed E-state index contributed by atoms with van der Waals surface area (Å²) in [4.78, 5) is 41.7. The van der Waals surface area contributed by atoms with Gasteiger partial charge in [-0.2, -0.15) is 4.37 Å². The highest BCUT2D eigenvalue weighted by atomic mass is 32.1. The molecule has 5 N–H and O–H groups in total. The van der Waals surface area contributed by atoms with Crippen molar-refractivity contribution < 1.29 is 14.4 Å². The average molecular weight is 498 g/mol. The molecule has 0 radical (unpaired) electrons. The van der Waals surface area contributed by atoms with Crippen LogP contribution in [0.15, 0.2) is 41.8 Å². The van der Waals surface area contributed by atoms with Crippen LogP contribution in [0, 0.1) is 6.92 Å². The van der Waals surface area contributed by atoms with E-state index in [1.54, 1.807) is 6.07 Å². The molecule has 0 bridgehead atoms. The molecule has 3 aromatic rings. The molecule has 1 aliphatic rings. The SMILES string of the molecule is Cc1ccccc1N(C(=O)c1snc(C(N)=O)c1N)C(C(=O)NC1CCCCC1)c1cccs1. The molecule has 2 heterocycles. The highest BCUT2D eigenvalue weighted by Gasteiger charge is 2.37. The summed E-state index contributed by atoms with van der Waals surface area (Å²) in [5, 5.41) is 5.06. The quantitative estimate of drug-likeness (QED) is 0.453. The normalized spacial score (nSPS) is 15.0. The maximum absolute atomic E-state index is 14.0. The molecular formula is C24H27N5O3S2. The molecule has 1 unspecified atom stereocenters. The predicted molar refractivity (Wildman–Crippen MR) is 135 cm³/mol. The van der Waals surface area contributed by atoms with Gasteiger partial charge >= 0.3 is 0 Å². The van der Waals surface area contributed by atoms with Crippen LogP contribution in [0.2, 0.25) is 0 Å². The molecule has 1 saturated carbocycles. The number of carbonyl (C=O) groups excluding carboxylic acids is 3. The van der Waals surface area contributed by atoms with Gasteiger partial charge in [-0.25, -0.2) is 0 Å². The third-order valence-corrected chi connectivity index (χ3v) is 7.80. The van der Waals surface area contributed by atoms with E-state index in [1.807, 2.05) is 42.6 Å². The van der Waals surface area contributed by atoms with E-state index in [1.165, 1.54) is 22.7 Å². The van der Waals surface area contributed by atoms with E-state index >= 15 is 0 Å². The Morgan fingerprint density at radius 1 is 1.12 bits per heavy atom. The van der Waals surface area contributed by atoms with E-state index < -0.39 is 17.9 Å². The summed E-state index contributed by atoms with van der Waals surface area (Å²) >= 11 is 2.21. The lowest BCUT2D eigenvalue weighted by Crippen LogP contribution is -2.47. The van der Waals surface area contributed by atoms with Crippen molar-refractivity contribution in [2.75, 3.05) is 10.6 Å². The number of nitrogen functional groups attached to an aromatic ring is 1. The van der Waals surface area contributed by atoms with Crippen LogP contribution in [0.3, 0.4) is 0 Å². The average Bonchev–Trinajstić information content (AvgIpc) is 3.48. The summed E-state index contributed by atoms with van der Waals surface area (Å²) in [7, 11) is 0. The molecule has 3 amide bonds. The minimum Gasteiger partial charge on any atom is -0.395 e. The van der Waals surface area contributed by atoms with E-state index in [0.717, 1.165) is 47.7 Å².